The highest BCUT2D eigenvalue weighted by atomic mass is 19.1. The fraction of sp³-hybridized carbons (Fsp3) is 0. The Labute approximate surface area is 203 Å². The summed E-state index contributed by atoms with van der Waals surface area (Å²) in [5.41, 5.74) is -5.82. The first kappa shape index (κ1) is 20.8. The predicted molar refractivity (Wildman–Crippen MR) is 119 cm³/mol. The molecule has 0 aliphatic rings. The van der Waals surface area contributed by atoms with Crippen LogP contribution in [0, 0.1) is 57.0 Å². The van der Waals surface area contributed by atoms with Crippen molar-refractivity contribution < 1.29 is 8.78 Å². The van der Waals surface area contributed by atoms with Crippen LogP contribution in [0.1, 0.15) is 22.8 Å². The third kappa shape index (κ3) is 2.15. The first-order valence-corrected chi connectivity index (χ1v) is 10.2. The van der Waals surface area contributed by atoms with E-state index in [0.29, 0.717) is 0 Å². The van der Waals surface area contributed by atoms with Crippen molar-refractivity contribution in [1.82, 2.24) is 38.7 Å². The lowest BCUT2D eigenvalue weighted by Crippen LogP contribution is -2.10. The molecule has 0 saturated heterocycles. The molecule has 16 heteroatoms. The third-order valence-electron chi connectivity index (χ3n) is 6.07. The summed E-state index contributed by atoms with van der Waals surface area (Å²) < 4.78 is 33.4. The van der Waals surface area contributed by atoms with E-state index in [1.807, 2.05) is 0 Å². The van der Waals surface area contributed by atoms with Gasteiger partial charge in [-0.3, -0.25) is 9.59 Å². The lowest BCUT2D eigenvalue weighted by Gasteiger charge is -1.98. The summed E-state index contributed by atoms with van der Waals surface area (Å²) in [6, 6.07) is 6.64. The van der Waals surface area contributed by atoms with E-state index >= 15 is 8.78 Å². The number of nitriles is 4. The van der Waals surface area contributed by atoms with Gasteiger partial charge in [0.25, 0.3) is 11.1 Å². The molecule has 7 aromatic rings. The number of hydrogen-bond donors (Lipinski definition) is 0. The Kier molecular flexibility index (Phi) is 3.60. The average Bonchev–Trinajstić information content (AvgIpc) is 3.63. The maximum Gasteiger partial charge on any atom is 0.269 e. The zero-order chi connectivity index (χ0) is 26.6. The van der Waals surface area contributed by atoms with Crippen molar-refractivity contribution in [3.05, 3.63) is 55.1 Å². The molecule has 0 bridgehead atoms. The molecule has 6 aromatic heterocycles. The summed E-state index contributed by atoms with van der Waals surface area (Å²) >= 11 is 0. The van der Waals surface area contributed by atoms with Crippen molar-refractivity contribution in [2.45, 2.75) is 0 Å². The van der Waals surface area contributed by atoms with Gasteiger partial charge in [-0.05, 0) is 0 Å². The molecule has 0 unspecified atom stereocenters. The molecule has 0 N–H and O–H groups in total. The van der Waals surface area contributed by atoms with Gasteiger partial charge in [0.2, 0.25) is 0 Å². The first-order valence-electron chi connectivity index (χ1n) is 10.2. The molecule has 7 rings (SSSR count). The highest BCUT2D eigenvalue weighted by molar-refractivity contribution is 6.12. The molecule has 0 atom stereocenters. The number of rotatable bonds is 0. The van der Waals surface area contributed by atoms with Gasteiger partial charge in [-0.2, -0.15) is 21.0 Å². The van der Waals surface area contributed by atoms with Crippen LogP contribution in [-0.2, 0) is 0 Å². The summed E-state index contributed by atoms with van der Waals surface area (Å²) in [5, 5.41) is 34.1. The molecule has 6 heterocycles. The molecule has 0 aliphatic heterocycles. The minimum absolute atomic E-state index is 0.271. The molecule has 0 fully saturated rings. The van der Waals surface area contributed by atoms with Crippen molar-refractivity contribution in [2.75, 3.05) is 0 Å². The minimum atomic E-state index is -1.29. The van der Waals surface area contributed by atoms with E-state index in [-0.39, 0.29) is 34.0 Å². The molecular weight excluding hydrogens is 502 g/mol. The number of fused-ring (bicyclic) bond motifs is 10. The van der Waals surface area contributed by atoms with Crippen LogP contribution in [0.2, 0.25) is 0 Å². The van der Waals surface area contributed by atoms with E-state index in [0.717, 1.165) is 8.80 Å². The number of benzene rings is 1. The summed E-state index contributed by atoms with van der Waals surface area (Å²) in [7, 11) is 0. The molecule has 1 aromatic carbocycles. The van der Waals surface area contributed by atoms with E-state index in [4.69, 9.17) is 0 Å². The van der Waals surface area contributed by atoms with Gasteiger partial charge in [0.1, 0.15) is 35.9 Å². The van der Waals surface area contributed by atoms with Crippen LogP contribution in [0.4, 0.5) is 8.78 Å². The molecule has 38 heavy (non-hydrogen) atoms. The summed E-state index contributed by atoms with van der Waals surface area (Å²) in [5.74, 6) is -2.57. The van der Waals surface area contributed by atoms with Crippen molar-refractivity contribution >= 4 is 55.4 Å². The minimum Gasteiger partial charge on any atom is -0.268 e. The Bertz CT molecular complexity index is 2400. The van der Waals surface area contributed by atoms with E-state index in [1.54, 1.807) is 24.3 Å². The lowest BCUT2D eigenvalue weighted by molar-refractivity contribution is 0.636. The van der Waals surface area contributed by atoms with Crippen LogP contribution < -0.4 is 11.1 Å². The van der Waals surface area contributed by atoms with Gasteiger partial charge in [-0.25, -0.2) is 47.5 Å². The second-order valence-corrected chi connectivity index (χ2v) is 7.86. The molecule has 0 radical (unpaired) electrons. The van der Waals surface area contributed by atoms with Crippen molar-refractivity contribution in [2.24, 2.45) is 0 Å². The van der Waals surface area contributed by atoms with E-state index in [9.17, 15) is 30.6 Å². The van der Waals surface area contributed by atoms with Crippen LogP contribution in [-0.4, -0.2) is 38.7 Å². The van der Waals surface area contributed by atoms with Crippen LogP contribution in [0.25, 0.3) is 55.4 Å². The quantitative estimate of drug-likeness (QED) is 0.278. The van der Waals surface area contributed by atoms with E-state index < -0.39 is 67.0 Å². The maximum absolute atomic E-state index is 16.0. The zero-order valence-corrected chi connectivity index (χ0v) is 17.9. The largest absolute Gasteiger partial charge is 0.269 e. The Morgan fingerprint density at radius 2 is 0.842 bits per heavy atom. The van der Waals surface area contributed by atoms with Crippen LogP contribution in [0.5, 0.6) is 0 Å². The number of aromatic nitrogens is 8. The van der Waals surface area contributed by atoms with Crippen molar-refractivity contribution in [3.8, 4) is 24.3 Å². The van der Waals surface area contributed by atoms with Crippen LogP contribution in [0.3, 0.4) is 0 Å². The normalized spacial score (nSPS) is 11.5. The Balaban J connectivity index is 1.72. The fourth-order valence-electron chi connectivity index (χ4n) is 4.55. The summed E-state index contributed by atoms with van der Waals surface area (Å²) in [4.78, 5) is 50.3. The van der Waals surface area contributed by atoms with Gasteiger partial charge >= 0.3 is 0 Å². The lowest BCUT2D eigenvalue weighted by atomic mass is 10.1. The molecule has 174 valence electrons. The zero-order valence-electron chi connectivity index (χ0n) is 17.9. The summed E-state index contributed by atoms with van der Waals surface area (Å²) in [6.45, 7) is 0. The second-order valence-electron chi connectivity index (χ2n) is 7.86. The first-order chi connectivity index (χ1) is 18.3. The average molecular weight is 502 g/mol. The van der Waals surface area contributed by atoms with E-state index in [2.05, 4.69) is 29.9 Å². The van der Waals surface area contributed by atoms with Gasteiger partial charge in [-0.15, -0.1) is 0 Å². The topological polar surface area (TPSA) is 215 Å². The van der Waals surface area contributed by atoms with Gasteiger partial charge in [-0.1, -0.05) is 0 Å². The maximum atomic E-state index is 16.0. The van der Waals surface area contributed by atoms with Gasteiger partial charge in [0, 0.05) is 0 Å². The van der Waals surface area contributed by atoms with Crippen LogP contribution in [0.15, 0.2) is 9.59 Å². The Morgan fingerprint density at radius 1 is 0.500 bits per heavy atom. The number of nitrogens with zero attached hydrogens (tertiary/aromatic N) is 12. The Morgan fingerprint density at radius 3 is 1.18 bits per heavy atom. The highest BCUT2D eigenvalue weighted by Gasteiger charge is 2.31. The molecular formula is C22F2N12O2. The molecule has 0 saturated carbocycles. The number of halogens is 2. The highest BCUT2D eigenvalue weighted by Crippen LogP contribution is 2.34. The third-order valence-corrected chi connectivity index (χ3v) is 6.07. The monoisotopic (exact) mass is 502 g/mol. The van der Waals surface area contributed by atoms with Crippen molar-refractivity contribution in [1.29, 1.82) is 21.0 Å². The number of imidazole rings is 2. The smallest absolute Gasteiger partial charge is 0.268 e. The summed E-state index contributed by atoms with van der Waals surface area (Å²) in [6.07, 6.45) is 0. The van der Waals surface area contributed by atoms with Crippen molar-refractivity contribution in [3.63, 3.8) is 0 Å². The molecule has 14 nitrogen and oxygen atoms in total. The SMILES string of the molecule is N#Cc1nc2nc3c4c(F)c5c(=O)n6c7nc(C#N)c(C#N)nc7nc6c5c(F)c4c(=O)n3c2nc1C#N. The second kappa shape index (κ2) is 6.57. The standard InChI is InChI=1S/C22F2N12O2/c23-13-9-11(21(37)35-17(9)33-15-19(35)31-7(3-27)5(1-25)29-15)14(24)10-12(13)22(38)36-18(10)34-16-20(36)32-8(4-28)6(2-26)30-16. The fourth-order valence-corrected chi connectivity index (χ4v) is 4.55. The van der Waals surface area contributed by atoms with Crippen LogP contribution >= 0.6 is 0 Å². The Hall–Kier alpha value is -6.52. The van der Waals surface area contributed by atoms with Gasteiger partial charge in [0.15, 0.2) is 56.7 Å². The molecule has 0 spiro atoms. The predicted octanol–water partition coefficient (Wildman–Crippen LogP) is 0.536. The molecule has 0 amide bonds. The number of hydrogen-bond acceptors (Lipinski definition) is 12. The van der Waals surface area contributed by atoms with E-state index in [1.165, 1.54) is 0 Å². The molecule has 0 aliphatic carbocycles. The van der Waals surface area contributed by atoms with Gasteiger partial charge < -0.3 is 0 Å². The van der Waals surface area contributed by atoms with Gasteiger partial charge in [0.05, 0.1) is 21.5 Å².